The van der Waals surface area contributed by atoms with Crippen molar-refractivity contribution in [2.45, 2.75) is 70.8 Å². The number of hydrogen-bond acceptors (Lipinski definition) is 7. The molecule has 4 rings (SSSR count). The number of halogens is 4. The highest BCUT2D eigenvalue weighted by atomic mass is 19.4. The monoisotopic (exact) mass is 499 g/mol. The van der Waals surface area contributed by atoms with Gasteiger partial charge in [-0.25, -0.2) is 18.7 Å². The molecule has 3 atom stereocenters. The first-order chi connectivity index (χ1) is 16.5. The van der Waals surface area contributed by atoms with Crippen LogP contribution in [0, 0.1) is 6.92 Å². The van der Waals surface area contributed by atoms with Gasteiger partial charge < -0.3 is 15.4 Å². The molecule has 3 N–H and O–H groups in total. The third-order valence-electron chi connectivity index (χ3n) is 5.42. The Labute approximate surface area is 197 Å². The fraction of sp³-hybridized carbons (Fsp3) is 0.524. The maximum atomic E-state index is 15.0. The van der Waals surface area contributed by atoms with Gasteiger partial charge in [-0.3, -0.25) is 9.84 Å². The van der Waals surface area contributed by atoms with E-state index < -0.39 is 37.3 Å². The predicted octanol–water partition coefficient (Wildman–Crippen LogP) is 4.26. The van der Waals surface area contributed by atoms with E-state index in [0.29, 0.717) is 41.4 Å². The molecule has 10 nitrogen and oxygen atoms in total. The van der Waals surface area contributed by atoms with Crippen LogP contribution in [0.4, 0.5) is 34.0 Å². The first kappa shape index (κ1) is 24.7. The molecule has 14 heteroatoms. The number of carbonyl (C=O) groups is 1. The molecular formula is C21H25F4N7O3. The van der Waals surface area contributed by atoms with Crippen LogP contribution in [0.5, 0.6) is 0 Å². The smallest absolute Gasteiger partial charge is 0.443 e. The van der Waals surface area contributed by atoms with Crippen LogP contribution in [0.25, 0.3) is 5.52 Å². The number of alkyl carbamates (subject to hydrolysis) is 1. The fourth-order valence-corrected chi connectivity index (χ4v) is 3.97. The number of nitrogens with one attached hydrogen (secondary N) is 3. The van der Waals surface area contributed by atoms with Gasteiger partial charge in [0.15, 0.2) is 11.6 Å². The van der Waals surface area contributed by atoms with Crippen molar-refractivity contribution in [1.29, 1.82) is 0 Å². The van der Waals surface area contributed by atoms with E-state index in [9.17, 15) is 18.0 Å². The number of hydrogen-bond donors (Lipinski definition) is 3. The Bertz CT molecular complexity index is 1190. The zero-order valence-corrected chi connectivity index (χ0v) is 19.2. The topological polar surface area (TPSA) is 118 Å². The lowest BCUT2D eigenvalue weighted by atomic mass is 10.0. The first-order valence-electron chi connectivity index (χ1n) is 11.0. The third kappa shape index (κ3) is 5.99. The lowest BCUT2D eigenvalue weighted by Gasteiger charge is -2.18. The van der Waals surface area contributed by atoms with E-state index in [1.54, 1.807) is 33.0 Å². The van der Waals surface area contributed by atoms with E-state index in [2.05, 4.69) is 35.7 Å². The summed E-state index contributed by atoms with van der Waals surface area (Å²) < 4.78 is 62.6. The van der Waals surface area contributed by atoms with E-state index in [1.165, 1.54) is 10.6 Å². The summed E-state index contributed by atoms with van der Waals surface area (Å²) in [6, 6.07) is 2.93. The molecule has 3 heterocycles. The number of amides is 1. The Hall–Kier alpha value is -3.42. The Morgan fingerprint density at radius 2 is 2.09 bits per heavy atom. The molecule has 35 heavy (non-hydrogen) atoms. The molecule has 1 saturated carbocycles. The summed E-state index contributed by atoms with van der Waals surface area (Å²) in [4.78, 5) is 16.2. The van der Waals surface area contributed by atoms with Gasteiger partial charge in [0.2, 0.25) is 0 Å². The van der Waals surface area contributed by atoms with Gasteiger partial charge in [-0.1, -0.05) is 0 Å². The molecule has 0 radical (unpaired) electrons. The van der Waals surface area contributed by atoms with Gasteiger partial charge in [0.25, 0.3) is 0 Å². The average molecular weight is 499 g/mol. The molecule has 3 aromatic heterocycles. The van der Waals surface area contributed by atoms with Crippen molar-refractivity contribution >= 4 is 23.2 Å². The second-order valence-corrected chi connectivity index (χ2v) is 8.64. The van der Waals surface area contributed by atoms with Crippen LogP contribution in [0.15, 0.2) is 18.3 Å². The quantitative estimate of drug-likeness (QED) is 0.416. The van der Waals surface area contributed by atoms with Crippen molar-refractivity contribution in [2.24, 2.45) is 0 Å². The lowest BCUT2D eigenvalue weighted by Crippen LogP contribution is -2.36. The number of H-pyrrole nitrogens is 1. The van der Waals surface area contributed by atoms with Crippen molar-refractivity contribution in [3.63, 3.8) is 0 Å². The maximum Gasteiger partial charge on any atom is 0.522 e. The number of aryl methyl sites for hydroxylation is 1. The molecule has 1 aliphatic carbocycles. The minimum atomic E-state index is -4.77. The molecule has 0 spiro atoms. The van der Waals surface area contributed by atoms with Crippen molar-refractivity contribution in [1.82, 2.24) is 30.1 Å². The highest BCUT2D eigenvalue weighted by molar-refractivity contribution is 5.72. The molecule has 1 amide bonds. The predicted molar refractivity (Wildman–Crippen MR) is 116 cm³/mol. The van der Waals surface area contributed by atoms with Gasteiger partial charge in [-0.05, 0) is 39.7 Å². The zero-order chi connectivity index (χ0) is 25.3. The van der Waals surface area contributed by atoms with Gasteiger partial charge in [0.1, 0.15) is 24.4 Å². The minimum Gasteiger partial charge on any atom is -0.443 e. The molecule has 0 saturated heterocycles. The van der Waals surface area contributed by atoms with E-state index in [-0.39, 0.29) is 11.7 Å². The Kier molecular flexibility index (Phi) is 6.83. The van der Waals surface area contributed by atoms with E-state index in [4.69, 9.17) is 4.74 Å². The third-order valence-corrected chi connectivity index (χ3v) is 5.42. The maximum absolute atomic E-state index is 15.0. The van der Waals surface area contributed by atoms with Crippen molar-refractivity contribution in [3.8, 4) is 0 Å². The SMILES string of the molecule is Cc1cn2nc(COC(F)(F)F)cc2c(Nc2cc([C@H]3CC[C@@H](OC(=O)NC(C)C)[C@@H]3F)[nH]n2)n1. The summed E-state index contributed by atoms with van der Waals surface area (Å²) >= 11 is 0. The molecule has 0 aromatic carbocycles. The highest BCUT2D eigenvalue weighted by Crippen LogP contribution is 2.38. The van der Waals surface area contributed by atoms with Crippen molar-refractivity contribution in [3.05, 3.63) is 35.4 Å². The Balaban J connectivity index is 1.46. The Morgan fingerprint density at radius 3 is 2.80 bits per heavy atom. The van der Waals surface area contributed by atoms with E-state index >= 15 is 4.39 Å². The molecule has 0 bridgehead atoms. The van der Waals surface area contributed by atoms with Gasteiger partial charge in [0, 0.05) is 23.7 Å². The second kappa shape index (κ2) is 9.68. The van der Waals surface area contributed by atoms with Crippen LogP contribution in [-0.2, 0) is 16.1 Å². The summed E-state index contributed by atoms with van der Waals surface area (Å²) in [5, 5.41) is 16.6. The molecule has 3 aromatic rings. The normalized spacial score (nSPS) is 20.5. The Morgan fingerprint density at radius 1 is 1.31 bits per heavy atom. The number of aromatic nitrogens is 5. The van der Waals surface area contributed by atoms with Crippen LogP contribution in [0.3, 0.4) is 0 Å². The number of alkyl halides is 4. The molecule has 190 valence electrons. The van der Waals surface area contributed by atoms with E-state index in [1.807, 2.05) is 0 Å². The van der Waals surface area contributed by atoms with Gasteiger partial charge in [0.05, 0.1) is 17.6 Å². The standard InChI is InChI=1S/C21H25F4N7O3/c1-10(2)26-20(33)35-16-5-4-13(18(16)22)14-7-17(30-29-14)28-19-15-6-12(9-34-21(23,24)25)31-32(15)8-11(3)27-19/h6-8,10,13,16,18H,4-5,9H2,1-3H3,(H,26,33)(H2,27,28,29,30)/t13-,16-,18-/m1/s1. The fourth-order valence-electron chi connectivity index (χ4n) is 3.97. The number of anilines is 2. The molecular weight excluding hydrogens is 474 g/mol. The summed E-state index contributed by atoms with van der Waals surface area (Å²) in [6.07, 6.45) is -5.30. The second-order valence-electron chi connectivity index (χ2n) is 8.64. The lowest BCUT2D eigenvalue weighted by molar-refractivity contribution is -0.330. The molecule has 0 aliphatic heterocycles. The first-order valence-corrected chi connectivity index (χ1v) is 11.0. The van der Waals surface area contributed by atoms with Crippen molar-refractivity contribution in [2.75, 3.05) is 5.32 Å². The summed E-state index contributed by atoms with van der Waals surface area (Å²) in [5.41, 5.74) is 1.56. The van der Waals surface area contributed by atoms with Crippen molar-refractivity contribution < 1.29 is 31.8 Å². The number of fused-ring (bicyclic) bond motifs is 1. The summed E-state index contributed by atoms with van der Waals surface area (Å²) in [7, 11) is 0. The number of aromatic amines is 1. The highest BCUT2D eigenvalue weighted by Gasteiger charge is 2.41. The average Bonchev–Trinajstić information content (AvgIpc) is 3.45. The molecule has 0 unspecified atom stereocenters. The summed E-state index contributed by atoms with van der Waals surface area (Å²) in [6.45, 7) is 4.52. The van der Waals surface area contributed by atoms with Gasteiger partial charge >= 0.3 is 12.5 Å². The number of carbonyl (C=O) groups excluding carboxylic acids is 1. The van der Waals surface area contributed by atoms with E-state index in [0.717, 1.165) is 0 Å². The molecule has 1 aliphatic rings. The van der Waals surface area contributed by atoms with Crippen LogP contribution in [0.2, 0.25) is 0 Å². The largest absolute Gasteiger partial charge is 0.522 e. The minimum absolute atomic E-state index is 0.0688. The van der Waals surface area contributed by atoms with Crippen LogP contribution >= 0.6 is 0 Å². The molecule has 1 fully saturated rings. The van der Waals surface area contributed by atoms with Crippen LogP contribution in [0.1, 0.15) is 49.7 Å². The van der Waals surface area contributed by atoms with Crippen LogP contribution < -0.4 is 10.6 Å². The van der Waals surface area contributed by atoms with Crippen LogP contribution in [-0.4, -0.2) is 55.6 Å². The zero-order valence-electron chi connectivity index (χ0n) is 19.2. The number of nitrogens with zero attached hydrogens (tertiary/aromatic N) is 4. The number of rotatable bonds is 7. The van der Waals surface area contributed by atoms with Gasteiger partial charge in [-0.15, -0.1) is 13.2 Å². The number of ether oxygens (including phenoxy) is 2. The summed E-state index contributed by atoms with van der Waals surface area (Å²) in [5.74, 6) is 0.105. The van der Waals surface area contributed by atoms with Gasteiger partial charge in [-0.2, -0.15) is 10.2 Å².